The summed E-state index contributed by atoms with van der Waals surface area (Å²) in [4.78, 5) is 1.95. The summed E-state index contributed by atoms with van der Waals surface area (Å²) in [6.07, 6.45) is -0.456. The summed E-state index contributed by atoms with van der Waals surface area (Å²) in [6, 6.07) is 5.49. The van der Waals surface area contributed by atoms with E-state index in [1.165, 1.54) is 12.1 Å². The van der Waals surface area contributed by atoms with E-state index in [0.717, 1.165) is 6.07 Å². The Kier molecular flexibility index (Phi) is 3.67. The van der Waals surface area contributed by atoms with Crippen molar-refractivity contribution < 1.29 is 13.5 Å². The molecule has 0 N–H and O–H groups in total. The van der Waals surface area contributed by atoms with Gasteiger partial charge < -0.3 is 4.74 Å². The van der Waals surface area contributed by atoms with Crippen LogP contribution in [0.1, 0.15) is 5.56 Å². The Morgan fingerprint density at radius 2 is 2.06 bits per heavy atom. The summed E-state index contributed by atoms with van der Waals surface area (Å²) in [5.74, 6) is -1.16. The first kappa shape index (κ1) is 12.0. The summed E-state index contributed by atoms with van der Waals surface area (Å²) in [6.45, 7) is 2.02. The molecule has 1 aliphatic rings. The number of nitriles is 1. The van der Waals surface area contributed by atoms with E-state index in [9.17, 15) is 8.78 Å². The third-order valence-electron chi connectivity index (χ3n) is 2.62. The fraction of sp³-hybridized carbons (Fsp3) is 0.417. The highest BCUT2D eigenvalue weighted by atomic mass is 19.1. The van der Waals surface area contributed by atoms with Gasteiger partial charge in [-0.15, -0.1) is 0 Å². The van der Waals surface area contributed by atoms with Gasteiger partial charge in [0.2, 0.25) is 0 Å². The fourth-order valence-corrected chi connectivity index (χ4v) is 1.88. The maximum Gasteiger partial charge on any atom is 0.156 e. The zero-order valence-corrected chi connectivity index (χ0v) is 9.20. The predicted molar refractivity (Wildman–Crippen MR) is 57.0 cm³/mol. The molecule has 17 heavy (non-hydrogen) atoms. The van der Waals surface area contributed by atoms with Gasteiger partial charge in [-0.3, -0.25) is 4.90 Å². The maximum absolute atomic E-state index is 13.0. The van der Waals surface area contributed by atoms with Crippen molar-refractivity contribution >= 4 is 0 Å². The number of nitrogens with zero attached hydrogens (tertiary/aromatic N) is 2. The molecule has 1 atom stereocenters. The lowest BCUT2D eigenvalue weighted by Gasteiger charge is -2.29. The van der Waals surface area contributed by atoms with Crippen LogP contribution in [0.15, 0.2) is 18.2 Å². The van der Waals surface area contributed by atoms with Gasteiger partial charge in [0.25, 0.3) is 0 Å². The topological polar surface area (TPSA) is 36.3 Å². The first-order valence-corrected chi connectivity index (χ1v) is 5.36. The van der Waals surface area contributed by atoms with E-state index in [0.29, 0.717) is 31.8 Å². The molecule has 0 spiro atoms. The van der Waals surface area contributed by atoms with E-state index in [-0.39, 0.29) is 0 Å². The van der Waals surface area contributed by atoms with Crippen molar-refractivity contribution in [2.75, 3.05) is 19.7 Å². The van der Waals surface area contributed by atoms with E-state index >= 15 is 0 Å². The average molecular weight is 238 g/mol. The van der Waals surface area contributed by atoms with Crippen LogP contribution in [-0.4, -0.2) is 30.7 Å². The van der Waals surface area contributed by atoms with Crippen molar-refractivity contribution in [1.29, 1.82) is 5.26 Å². The molecule has 0 radical (unpaired) electrons. The minimum absolute atomic E-state index is 0.427. The molecule has 0 bridgehead atoms. The normalized spacial score (nSPS) is 21.1. The predicted octanol–water partition coefficient (Wildman–Crippen LogP) is 1.69. The van der Waals surface area contributed by atoms with E-state index in [4.69, 9.17) is 10.00 Å². The highest BCUT2D eigenvalue weighted by molar-refractivity contribution is 5.18. The standard InChI is InChI=1S/C12H12F2N2O/c13-10-3-9(4-11(14)5-10)7-16-1-2-17-12(6-15)8-16/h3-5,12H,1-2,7-8H2. The van der Waals surface area contributed by atoms with Crippen LogP contribution >= 0.6 is 0 Å². The molecule has 1 aromatic rings. The SMILES string of the molecule is N#CC1CN(Cc2cc(F)cc(F)c2)CCO1. The van der Waals surface area contributed by atoms with Crippen LogP contribution in [0.5, 0.6) is 0 Å². The molecule has 1 fully saturated rings. The van der Waals surface area contributed by atoms with Crippen molar-refractivity contribution in [2.24, 2.45) is 0 Å². The van der Waals surface area contributed by atoms with Gasteiger partial charge in [-0.2, -0.15) is 5.26 Å². The Morgan fingerprint density at radius 3 is 2.71 bits per heavy atom. The van der Waals surface area contributed by atoms with Gasteiger partial charge in [0.1, 0.15) is 11.6 Å². The number of morpholine rings is 1. The zero-order chi connectivity index (χ0) is 12.3. The Balaban J connectivity index is 2.03. The highest BCUT2D eigenvalue weighted by Crippen LogP contribution is 2.13. The Morgan fingerprint density at radius 1 is 1.35 bits per heavy atom. The van der Waals surface area contributed by atoms with E-state index in [2.05, 4.69) is 0 Å². The van der Waals surface area contributed by atoms with Crippen molar-refractivity contribution in [3.05, 3.63) is 35.4 Å². The number of rotatable bonds is 2. The number of ether oxygens (including phenoxy) is 1. The molecular formula is C12H12F2N2O. The van der Waals surface area contributed by atoms with E-state index in [1.807, 2.05) is 11.0 Å². The van der Waals surface area contributed by atoms with Crippen molar-refractivity contribution in [3.8, 4) is 6.07 Å². The maximum atomic E-state index is 13.0. The molecule has 1 saturated heterocycles. The van der Waals surface area contributed by atoms with Gasteiger partial charge in [-0.25, -0.2) is 8.78 Å². The Labute approximate surface area is 98.2 Å². The molecular weight excluding hydrogens is 226 g/mol. The molecule has 1 aliphatic heterocycles. The molecule has 0 saturated carbocycles. The lowest BCUT2D eigenvalue weighted by molar-refractivity contribution is -0.00273. The first-order valence-electron chi connectivity index (χ1n) is 5.36. The van der Waals surface area contributed by atoms with Crippen LogP contribution in [0, 0.1) is 23.0 Å². The van der Waals surface area contributed by atoms with Crippen molar-refractivity contribution in [2.45, 2.75) is 12.6 Å². The van der Waals surface area contributed by atoms with Gasteiger partial charge in [0.15, 0.2) is 6.10 Å². The fourth-order valence-electron chi connectivity index (χ4n) is 1.88. The molecule has 0 aromatic heterocycles. The van der Waals surface area contributed by atoms with Gasteiger partial charge >= 0.3 is 0 Å². The summed E-state index contributed by atoms with van der Waals surface area (Å²) in [5.41, 5.74) is 0.570. The molecule has 1 heterocycles. The number of benzene rings is 1. The van der Waals surface area contributed by atoms with Crippen LogP contribution in [0.4, 0.5) is 8.78 Å². The number of hydrogen-bond donors (Lipinski definition) is 0. The summed E-state index contributed by atoms with van der Waals surface area (Å²) in [7, 11) is 0. The summed E-state index contributed by atoms with van der Waals surface area (Å²) < 4.78 is 31.2. The van der Waals surface area contributed by atoms with E-state index < -0.39 is 17.7 Å². The van der Waals surface area contributed by atoms with Crippen molar-refractivity contribution in [3.63, 3.8) is 0 Å². The second-order valence-electron chi connectivity index (χ2n) is 4.00. The third-order valence-corrected chi connectivity index (χ3v) is 2.62. The smallest absolute Gasteiger partial charge is 0.156 e. The lowest BCUT2D eigenvalue weighted by atomic mass is 10.2. The van der Waals surface area contributed by atoms with Gasteiger partial charge in [-0.1, -0.05) is 0 Å². The minimum Gasteiger partial charge on any atom is -0.361 e. The molecule has 1 aromatic carbocycles. The number of halogens is 2. The largest absolute Gasteiger partial charge is 0.361 e. The Hall–Kier alpha value is -1.51. The lowest BCUT2D eigenvalue weighted by Crippen LogP contribution is -2.41. The van der Waals surface area contributed by atoms with Crippen LogP contribution in [-0.2, 0) is 11.3 Å². The Bertz CT molecular complexity index is 424. The zero-order valence-electron chi connectivity index (χ0n) is 9.20. The van der Waals surface area contributed by atoms with Gasteiger partial charge in [0.05, 0.1) is 12.7 Å². The van der Waals surface area contributed by atoms with Crippen LogP contribution in [0.25, 0.3) is 0 Å². The summed E-state index contributed by atoms with van der Waals surface area (Å²) >= 11 is 0. The average Bonchev–Trinajstić information content (AvgIpc) is 2.28. The molecule has 90 valence electrons. The second kappa shape index (κ2) is 5.21. The monoisotopic (exact) mass is 238 g/mol. The minimum atomic E-state index is -0.579. The van der Waals surface area contributed by atoms with Crippen molar-refractivity contribution in [1.82, 2.24) is 4.90 Å². The van der Waals surface area contributed by atoms with Crippen LogP contribution in [0.3, 0.4) is 0 Å². The molecule has 1 unspecified atom stereocenters. The molecule has 0 amide bonds. The third kappa shape index (κ3) is 3.22. The van der Waals surface area contributed by atoms with E-state index in [1.54, 1.807) is 0 Å². The quantitative estimate of drug-likeness (QED) is 0.786. The molecule has 0 aliphatic carbocycles. The van der Waals surface area contributed by atoms with Crippen LogP contribution in [0.2, 0.25) is 0 Å². The molecule has 5 heteroatoms. The molecule has 3 nitrogen and oxygen atoms in total. The van der Waals surface area contributed by atoms with Gasteiger partial charge in [0, 0.05) is 25.7 Å². The second-order valence-corrected chi connectivity index (χ2v) is 4.00. The molecule has 2 rings (SSSR count). The highest BCUT2D eigenvalue weighted by Gasteiger charge is 2.20. The van der Waals surface area contributed by atoms with Crippen LogP contribution < -0.4 is 0 Å². The van der Waals surface area contributed by atoms with Gasteiger partial charge in [-0.05, 0) is 17.7 Å². The summed E-state index contributed by atoms with van der Waals surface area (Å²) in [5, 5.41) is 8.74. The number of hydrogen-bond acceptors (Lipinski definition) is 3. The first-order chi connectivity index (χ1) is 8.17.